The molecule has 1 N–H and O–H groups in total. The molecule has 1 rings (SSSR count). The Morgan fingerprint density at radius 1 is 1.29 bits per heavy atom. The lowest BCUT2D eigenvalue weighted by atomic mass is 9.91. The summed E-state index contributed by atoms with van der Waals surface area (Å²) >= 11 is 0. The maximum atomic E-state index is 12.7. The second kappa shape index (κ2) is 7.45. The highest BCUT2D eigenvalue weighted by Gasteiger charge is 2.54. The Balaban J connectivity index is 2.46. The molecule has 7 heteroatoms. The quantitative estimate of drug-likeness (QED) is 0.816. The first-order valence-electron chi connectivity index (χ1n) is 7.52. The fourth-order valence-electron chi connectivity index (χ4n) is 2.46. The molecule has 0 bridgehead atoms. The molecule has 0 aliphatic carbocycles. The molecule has 124 valence electrons. The van der Waals surface area contributed by atoms with Gasteiger partial charge in [-0.05, 0) is 26.2 Å². The number of piperidine rings is 1. The van der Waals surface area contributed by atoms with Gasteiger partial charge in [0.15, 0.2) is 5.60 Å². The number of carbonyl (C=O) groups is 1. The number of rotatable bonds is 6. The van der Waals surface area contributed by atoms with Gasteiger partial charge in [0.1, 0.15) is 0 Å². The zero-order chi connectivity index (χ0) is 16.1. The molecule has 1 fully saturated rings. The van der Waals surface area contributed by atoms with Crippen LogP contribution in [-0.2, 0) is 4.79 Å². The van der Waals surface area contributed by atoms with E-state index in [2.05, 4.69) is 0 Å². The normalized spacial score (nSPS) is 19.5. The van der Waals surface area contributed by atoms with Gasteiger partial charge in [-0.25, -0.2) is 0 Å². The number of likely N-dealkylation sites (N-methyl/N-ethyl adjacent to an activating group) is 1. The van der Waals surface area contributed by atoms with Crippen molar-refractivity contribution in [1.29, 1.82) is 0 Å². The van der Waals surface area contributed by atoms with Gasteiger partial charge in [0, 0.05) is 26.2 Å². The molecule has 1 aliphatic rings. The summed E-state index contributed by atoms with van der Waals surface area (Å²) in [5.41, 5.74) is -2.60. The van der Waals surface area contributed by atoms with Crippen molar-refractivity contribution < 1.29 is 23.1 Å². The first-order valence-corrected chi connectivity index (χ1v) is 7.52. The van der Waals surface area contributed by atoms with Gasteiger partial charge >= 0.3 is 6.18 Å². The van der Waals surface area contributed by atoms with Crippen molar-refractivity contribution in [2.24, 2.45) is 0 Å². The molecule has 0 radical (unpaired) electrons. The highest BCUT2D eigenvalue weighted by molar-refractivity contribution is 5.78. The van der Waals surface area contributed by atoms with Gasteiger partial charge in [-0.3, -0.25) is 9.69 Å². The number of likely N-dealkylation sites (tertiary alicyclic amines) is 1. The lowest BCUT2D eigenvalue weighted by Gasteiger charge is -2.39. The first kappa shape index (κ1) is 18.2. The molecule has 0 unspecified atom stereocenters. The smallest absolute Gasteiger partial charge is 0.380 e. The Labute approximate surface area is 123 Å². The minimum Gasteiger partial charge on any atom is -0.380 e. The molecular formula is C14H25F3N2O2. The van der Waals surface area contributed by atoms with E-state index in [1.807, 2.05) is 13.8 Å². The number of unbranched alkanes of at least 4 members (excludes halogenated alkanes) is 1. The molecule has 1 aliphatic heterocycles. The number of amides is 1. The second-order valence-electron chi connectivity index (χ2n) is 5.63. The third-order valence-corrected chi connectivity index (χ3v) is 4.09. The molecule has 0 spiro atoms. The van der Waals surface area contributed by atoms with Crippen LogP contribution in [0, 0.1) is 0 Å². The van der Waals surface area contributed by atoms with E-state index >= 15 is 0 Å². The monoisotopic (exact) mass is 310 g/mol. The predicted octanol–water partition coefficient (Wildman–Crippen LogP) is 2.02. The highest BCUT2D eigenvalue weighted by Crippen LogP contribution is 2.38. The Morgan fingerprint density at radius 3 is 2.29 bits per heavy atom. The largest absolute Gasteiger partial charge is 0.417 e. The van der Waals surface area contributed by atoms with Gasteiger partial charge in [0.25, 0.3) is 0 Å². The van der Waals surface area contributed by atoms with Crippen LogP contribution in [0.4, 0.5) is 13.2 Å². The average molecular weight is 310 g/mol. The average Bonchev–Trinajstić information content (AvgIpc) is 2.41. The number of nitrogens with zero attached hydrogens (tertiary/aromatic N) is 2. The minimum absolute atomic E-state index is 0.0524. The summed E-state index contributed by atoms with van der Waals surface area (Å²) in [5, 5.41) is 9.58. The standard InChI is InChI=1S/C14H25F3N2O2/c1-3-5-8-19(4-2)12(20)11-18-9-6-13(21,7-10-18)14(15,16)17/h21H,3-11H2,1-2H3. The highest BCUT2D eigenvalue weighted by atomic mass is 19.4. The Kier molecular flexibility index (Phi) is 6.46. The number of hydrogen-bond acceptors (Lipinski definition) is 3. The van der Waals surface area contributed by atoms with Crippen molar-refractivity contribution in [3.05, 3.63) is 0 Å². The van der Waals surface area contributed by atoms with Crippen LogP contribution in [0.15, 0.2) is 0 Å². The second-order valence-corrected chi connectivity index (χ2v) is 5.63. The minimum atomic E-state index is -4.60. The van der Waals surface area contributed by atoms with Gasteiger partial charge in [-0.15, -0.1) is 0 Å². The van der Waals surface area contributed by atoms with Crippen LogP contribution in [0.3, 0.4) is 0 Å². The first-order chi connectivity index (χ1) is 9.73. The van der Waals surface area contributed by atoms with Crippen LogP contribution >= 0.6 is 0 Å². The molecule has 0 aromatic carbocycles. The Hall–Kier alpha value is -0.820. The van der Waals surface area contributed by atoms with E-state index in [1.54, 1.807) is 9.80 Å². The van der Waals surface area contributed by atoms with Crippen molar-refractivity contribution in [2.75, 3.05) is 32.7 Å². The molecule has 21 heavy (non-hydrogen) atoms. The van der Waals surface area contributed by atoms with Crippen LogP contribution in [-0.4, -0.2) is 65.3 Å². The van der Waals surface area contributed by atoms with E-state index in [-0.39, 0.29) is 38.4 Å². The van der Waals surface area contributed by atoms with E-state index in [0.717, 1.165) is 12.8 Å². The molecular weight excluding hydrogens is 285 g/mol. The summed E-state index contributed by atoms with van der Waals surface area (Å²) in [5.74, 6) is -0.0524. The third kappa shape index (κ3) is 4.85. The van der Waals surface area contributed by atoms with Gasteiger partial charge in [0.2, 0.25) is 5.91 Å². The number of halogens is 3. The number of hydrogen-bond donors (Lipinski definition) is 1. The van der Waals surface area contributed by atoms with E-state index in [1.165, 1.54) is 0 Å². The summed E-state index contributed by atoms with van der Waals surface area (Å²) in [6.45, 7) is 5.55. The maximum Gasteiger partial charge on any atom is 0.417 e. The van der Waals surface area contributed by atoms with Crippen LogP contribution in [0.5, 0.6) is 0 Å². The van der Waals surface area contributed by atoms with Crippen LogP contribution in [0.2, 0.25) is 0 Å². The zero-order valence-electron chi connectivity index (χ0n) is 12.7. The maximum absolute atomic E-state index is 12.7. The van der Waals surface area contributed by atoms with Crippen molar-refractivity contribution in [3.8, 4) is 0 Å². The summed E-state index contributed by atoms with van der Waals surface area (Å²) in [4.78, 5) is 15.5. The van der Waals surface area contributed by atoms with Crippen molar-refractivity contribution >= 4 is 5.91 Å². The molecule has 0 atom stereocenters. The van der Waals surface area contributed by atoms with Gasteiger partial charge in [-0.1, -0.05) is 13.3 Å². The number of carbonyl (C=O) groups excluding carboxylic acids is 1. The van der Waals surface area contributed by atoms with Gasteiger partial charge in [-0.2, -0.15) is 13.2 Å². The molecule has 4 nitrogen and oxygen atoms in total. The summed E-state index contributed by atoms with van der Waals surface area (Å²) < 4.78 is 38.1. The fourth-order valence-corrected chi connectivity index (χ4v) is 2.46. The third-order valence-electron chi connectivity index (χ3n) is 4.09. The van der Waals surface area contributed by atoms with E-state index in [4.69, 9.17) is 0 Å². The van der Waals surface area contributed by atoms with Crippen LogP contribution in [0.1, 0.15) is 39.5 Å². The molecule has 1 amide bonds. The lowest BCUT2D eigenvalue weighted by molar-refractivity contribution is -0.272. The molecule has 1 saturated heterocycles. The Bertz CT molecular complexity index is 340. The summed E-state index contributed by atoms with van der Waals surface area (Å²) in [7, 11) is 0. The van der Waals surface area contributed by atoms with Crippen LogP contribution < -0.4 is 0 Å². The molecule has 0 aromatic rings. The molecule has 0 saturated carbocycles. The lowest BCUT2D eigenvalue weighted by Crippen LogP contribution is -2.54. The van der Waals surface area contributed by atoms with E-state index < -0.39 is 11.8 Å². The summed E-state index contributed by atoms with van der Waals surface area (Å²) in [6.07, 6.45) is -3.42. The van der Waals surface area contributed by atoms with E-state index in [0.29, 0.717) is 13.1 Å². The number of alkyl halides is 3. The van der Waals surface area contributed by atoms with Crippen molar-refractivity contribution in [1.82, 2.24) is 9.80 Å². The predicted molar refractivity (Wildman–Crippen MR) is 73.8 cm³/mol. The fraction of sp³-hybridized carbons (Fsp3) is 0.929. The molecule has 0 aromatic heterocycles. The summed E-state index contributed by atoms with van der Waals surface area (Å²) in [6, 6.07) is 0. The molecule has 1 heterocycles. The number of aliphatic hydroxyl groups is 1. The Morgan fingerprint density at radius 2 is 1.86 bits per heavy atom. The SMILES string of the molecule is CCCCN(CC)C(=O)CN1CCC(O)(C(F)(F)F)CC1. The van der Waals surface area contributed by atoms with Crippen molar-refractivity contribution in [3.63, 3.8) is 0 Å². The van der Waals surface area contributed by atoms with Crippen LogP contribution in [0.25, 0.3) is 0 Å². The van der Waals surface area contributed by atoms with Gasteiger partial charge < -0.3 is 10.0 Å². The topological polar surface area (TPSA) is 43.8 Å². The van der Waals surface area contributed by atoms with Crippen molar-refractivity contribution in [2.45, 2.75) is 51.3 Å². The van der Waals surface area contributed by atoms with E-state index in [9.17, 15) is 23.1 Å². The zero-order valence-corrected chi connectivity index (χ0v) is 12.7. The van der Waals surface area contributed by atoms with Gasteiger partial charge in [0.05, 0.1) is 6.54 Å².